The maximum Gasteiger partial charge on any atom is 0.357 e. The van der Waals surface area contributed by atoms with Crippen LogP contribution >= 0.6 is 11.3 Å². The Labute approximate surface area is 102 Å². The van der Waals surface area contributed by atoms with Crippen LogP contribution in [0.15, 0.2) is 29.6 Å². The first-order valence-electron chi connectivity index (χ1n) is 5.09. The number of hydrogen-bond donors (Lipinski definition) is 0. The molecule has 0 atom stereocenters. The summed E-state index contributed by atoms with van der Waals surface area (Å²) >= 11 is 1.29. The van der Waals surface area contributed by atoms with E-state index in [1.165, 1.54) is 23.5 Å². The summed E-state index contributed by atoms with van der Waals surface area (Å²) in [7, 11) is 0. The van der Waals surface area contributed by atoms with Crippen molar-refractivity contribution in [2.75, 3.05) is 6.61 Å². The number of benzene rings is 1. The molecule has 0 aliphatic carbocycles. The predicted octanol–water partition coefficient (Wildman–Crippen LogP) is 3.13. The number of thiazole rings is 1. The molecule has 0 aliphatic rings. The van der Waals surface area contributed by atoms with Gasteiger partial charge in [0.15, 0.2) is 5.69 Å². The van der Waals surface area contributed by atoms with Gasteiger partial charge in [0.05, 0.1) is 6.61 Å². The average molecular weight is 251 g/mol. The fourth-order valence-electron chi connectivity index (χ4n) is 1.33. The SMILES string of the molecule is CCOC(=O)c1csc(-c2cccc(F)c2)n1. The molecule has 0 unspecified atom stereocenters. The Hall–Kier alpha value is -1.75. The molecule has 0 aliphatic heterocycles. The Bertz CT molecular complexity index is 539. The zero-order valence-corrected chi connectivity index (χ0v) is 9.96. The summed E-state index contributed by atoms with van der Waals surface area (Å²) in [5.41, 5.74) is 0.918. The molecule has 2 rings (SSSR count). The Morgan fingerprint density at radius 1 is 1.53 bits per heavy atom. The molecule has 0 fully saturated rings. The highest BCUT2D eigenvalue weighted by molar-refractivity contribution is 7.13. The second kappa shape index (κ2) is 5.05. The van der Waals surface area contributed by atoms with E-state index in [2.05, 4.69) is 4.98 Å². The first-order valence-corrected chi connectivity index (χ1v) is 5.97. The van der Waals surface area contributed by atoms with E-state index in [0.717, 1.165) is 0 Å². The van der Waals surface area contributed by atoms with E-state index in [1.54, 1.807) is 24.4 Å². The third kappa shape index (κ3) is 2.68. The number of esters is 1. The van der Waals surface area contributed by atoms with E-state index in [1.807, 2.05) is 0 Å². The quantitative estimate of drug-likeness (QED) is 0.787. The molecular formula is C12H10FNO2S. The lowest BCUT2D eigenvalue weighted by atomic mass is 10.2. The average Bonchev–Trinajstić information content (AvgIpc) is 2.78. The van der Waals surface area contributed by atoms with Gasteiger partial charge in [-0.25, -0.2) is 14.2 Å². The molecule has 2 aromatic rings. The molecule has 0 bridgehead atoms. The summed E-state index contributed by atoms with van der Waals surface area (Å²) in [5, 5.41) is 2.21. The van der Waals surface area contributed by atoms with Crippen molar-refractivity contribution in [3.05, 3.63) is 41.2 Å². The molecule has 0 saturated carbocycles. The zero-order chi connectivity index (χ0) is 12.3. The van der Waals surface area contributed by atoms with Gasteiger partial charge in [-0.2, -0.15) is 0 Å². The van der Waals surface area contributed by atoms with Crippen LogP contribution in [0.25, 0.3) is 10.6 Å². The molecule has 17 heavy (non-hydrogen) atoms. The van der Waals surface area contributed by atoms with Crippen LogP contribution in [0.1, 0.15) is 17.4 Å². The van der Waals surface area contributed by atoms with Crippen LogP contribution in [-0.4, -0.2) is 17.6 Å². The number of nitrogens with zero attached hydrogens (tertiary/aromatic N) is 1. The van der Waals surface area contributed by atoms with Gasteiger partial charge in [-0.1, -0.05) is 12.1 Å². The number of carbonyl (C=O) groups excluding carboxylic acids is 1. The van der Waals surface area contributed by atoms with Gasteiger partial charge < -0.3 is 4.74 Å². The van der Waals surface area contributed by atoms with E-state index in [4.69, 9.17) is 4.74 Å². The lowest BCUT2D eigenvalue weighted by molar-refractivity contribution is 0.0520. The van der Waals surface area contributed by atoms with Gasteiger partial charge in [-0.15, -0.1) is 11.3 Å². The van der Waals surface area contributed by atoms with E-state index in [0.29, 0.717) is 17.2 Å². The molecule has 88 valence electrons. The Morgan fingerprint density at radius 3 is 3.06 bits per heavy atom. The van der Waals surface area contributed by atoms with Gasteiger partial charge in [0.1, 0.15) is 10.8 Å². The van der Waals surface area contributed by atoms with Crippen molar-refractivity contribution in [1.82, 2.24) is 4.98 Å². The minimum atomic E-state index is -0.452. The maximum absolute atomic E-state index is 13.0. The highest BCUT2D eigenvalue weighted by atomic mass is 32.1. The number of carbonyl (C=O) groups is 1. The first-order chi connectivity index (χ1) is 8.20. The molecule has 5 heteroatoms. The third-order valence-corrected chi connectivity index (χ3v) is 2.95. The number of aromatic nitrogens is 1. The Kier molecular flexibility index (Phi) is 3.49. The zero-order valence-electron chi connectivity index (χ0n) is 9.14. The van der Waals surface area contributed by atoms with Crippen LogP contribution in [0.5, 0.6) is 0 Å². The molecule has 1 heterocycles. The van der Waals surface area contributed by atoms with Crippen LogP contribution < -0.4 is 0 Å². The van der Waals surface area contributed by atoms with Crippen molar-refractivity contribution in [3.63, 3.8) is 0 Å². The minimum Gasteiger partial charge on any atom is -0.461 e. The first kappa shape index (κ1) is 11.7. The largest absolute Gasteiger partial charge is 0.461 e. The summed E-state index contributed by atoms with van der Waals surface area (Å²) < 4.78 is 17.9. The fraction of sp³-hybridized carbons (Fsp3) is 0.167. The molecular weight excluding hydrogens is 241 g/mol. The molecule has 3 nitrogen and oxygen atoms in total. The van der Waals surface area contributed by atoms with E-state index < -0.39 is 5.97 Å². The standard InChI is InChI=1S/C12H10FNO2S/c1-2-16-12(15)10-7-17-11(14-10)8-4-3-5-9(13)6-8/h3-7H,2H2,1H3. The smallest absolute Gasteiger partial charge is 0.357 e. The minimum absolute atomic E-state index is 0.260. The number of halogens is 1. The lowest BCUT2D eigenvalue weighted by Gasteiger charge is -1.97. The van der Waals surface area contributed by atoms with Crippen molar-refractivity contribution in [2.24, 2.45) is 0 Å². The van der Waals surface area contributed by atoms with Gasteiger partial charge in [0, 0.05) is 10.9 Å². The molecule has 0 amide bonds. The number of ether oxygens (including phenoxy) is 1. The maximum atomic E-state index is 13.0. The molecule has 0 N–H and O–H groups in total. The van der Waals surface area contributed by atoms with Crippen LogP contribution in [0.4, 0.5) is 4.39 Å². The molecule has 0 saturated heterocycles. The van der Waals surface area contributed by atoms with Crippen molar-refractivity contribution in [2.45, 2.75) is 6.92 Å². The molecule has 0 spiro atoms. The topological polar surface area (TPSA) is 39.2 Å². The van der Waals surface area contributed by atoms with Crippen molar-refractivity contribution < 1.29 is 13.9 Å². The van der Waals surface area contributed by atoms with Gasteiger partial charge >= 0.3 is 5.97 Å². The molecule has 1 aromatic heterocycles. The lowest BCUT2D eigenvalue weighted by Crippen LogP contribution is -2.04. The van der Waals surface area contributed by atoms with Crippen molar-refractivity contribution >= 4 is 17.3 Å². The summed E-state index contributed by atoms with van der Waals surface area (Å²) in [6.07, 6.45) is 0. The predicted molar refractivity (Wildman–Crippen MR) is 63.5 cm³/mol. The summed E-state index contributed by atoms with van der Waals surface area (Å²) in [4.78, 5) is 15.5. The fourth-order valence-corrected chi connectivity index (χ4v) is 2.11. The summed E-state index contributed by atoms with van der Waals surface area (Å²) in [5.74, 6) is -0.776. The Morgan fingerprint density at radius 2 is 2.35 bits per heavy atom. The van der Waals surface area contributed by atoms with E-state index in [-0.39, 0.29) is 11.5 Å². The van der Waals surface area contributed by atoms with Crippen LogP contribution in [0.3, 0.4) is 0 Å². The highest BCUT2D eigenvalue weighted by Gasteiger charge is 2.12. The summed E-state index contributed by atoms with van der Waals surface area (Å²) in [6.45, 7) is 2.05. The van der Waals surface area contributed by atoms with Crippen LogP contribution in [0, 0.1) is 5.82 Å². The van der Waals surface area contributed by atoms with Gasteiger partial charge in [0.25, 0.3) is 0 Å². The van der Waals surface area contributed by atoms with E-state index in [9.17, 15) is 9.18 Å². The van der Waals surface area contributed by atoms with Gasteiger partial charge in [0.2, 0.25) is 0 Å². The van der Waals surface area contributed by atoms with Crippen LogP contribution in [-0.2, 0) is 4.74 Å². The van der Waals surface area contributed by atoms with Crippen LogP contribution in [0.2, 0.25) is 0 Å². The normalized spacial score (nSPS) is 10.2. The third-order valence-electron chi connectivity index (χ3n) is 2.06. The number of rotatable bonds is 3. The van der Waals surface area contributed by atoms with Gasteiger partial charge in [-0.3, -0.25) is 0 Å². The second-order valence-electron chi connectivity index (χ2n) is 3.27. The van der Waals surface area contributed by atoms with Crippen molar-refractivity contribution in [1.29, 1.82) is 0 Å². The summed E-state index contributed by atoms with van der Waals surface area (Å²) in [6, 6.07) is 6.10. The highest BCUT2D eigenvalue weighted by Crippen LogP contribution is 2.24. The molecule has 1 aromatic carbocycles. The monoisotopic (exact) mass is 251 g/mol. The second-order valence-corrected chi connectivity index (χ2v) is 4.13. The van der Waals surface area contributed by atoms with Crippen molar-refractivity contribution in [3.8, 4) is 10.6 Å². The Balaban J connectivity index is 2.27. The van der Waals surface area contributed by atoms with E-state index >= 15 is 0 Å². The van der Waals surface area contributed by atoms with Gasteiger partial charge in [-0.05, 0) is 19.1 Å². The molecule has 0 radical (unpaired) electrons. The number of hydrogen-bond acceptors (Lipinski definition) is 4.